The predicted molar refractivity (Wildman–Crippen MR) is 46.6 cm³/mol. The van der Waals surface area contributed by atoms with Crippen molar-refractivity contribution in [2.75, 3.05) is 0 Å². The Morgan fingerprint density at radius 2 is 2.14 bits per heavy atom. The highest BCUT2D eigenvalue weighted by Gasteiger charge is 2.31. The highest BCUT2D eigenvalue weighted by molar-refractivity contribution is 6.07. The second kappa shape index (κ2) is 3.12. The van der Waals surface area contributed by atoms with Gasteiger partial charge < -0.3 is 0 Å². The van der Waals surface area contributed by atoms with Crippen LogP contribution in [0, 0.1) is 0 Å². The molecule has 1 heterocycles. The van der Waals surface area contributed by atoms with Crippen molar-refractivity contribution in [2.45, 2.75) is 6.54 Å². The first-order valence-electron chi connectivity index (χ1n) is 4.08. The third kappa shape index (κ3) is 1.14. The average Bonchev–Trinajstić information content (AvgIpc) is 2.56. The smallest absolute Gasteiger partial charge is 0.287 e. The van der Waals surface area contributed by atoms with Crippen molar-refractivity contribution in [1.82, 2.24) is 10.4 Å². The molecule has 0 unspecified atom stereocenters. The lowest BCUT2D eigenvalue weighted by atomic mass is 10.1. The van der Waals surface area contributed by atoms with E-state index in [0.717, 1.165) is 10.5 Å². The fourth-order valence-corrected chi connectivity index (χ4v) is 1.48. The van der Waals surface area contributed by atoms with Crippen molar-refractivity contribution in [1.29, 1.82) is 0 Å². The Hall–Kier alpha value is -1.88. The Balaban J connectivity index is 2.35. The number of imide groups is 1. The molecule has 0 aliphatic carbocycles. The summed E-state index contributed by atoms with van der Waals surface area (Å²) >= 11 is 0. The van der Waals surface area contributed by atoms with Gasteiger partial charge in [0.25, 0.3) is 5.91 Å². The maximum absolute atomic E-state index is 11.6. The highest BCUT2D eigenvalue weighted by Crippen LogP contribution is 2.21. The number of carbonyl (C=O) groups excluding carboxylic acids is 2. The molecule has 0 spiro atoms. The summed E-state index contributed by atoms with van der Waals surface area (Å²) < 4.78 is 0. The first-order chi connectivity index (χ1) is 6.74. The number of rotatable bonds is 0. The molecule has 1 aliphatic heterocycles. The second-order valence-corrected chi connectivity index (χ2v) is 2.97. The molecule has 0 bridgehead atoms. The van der Waals surface area contributed by atoms with Crippen molar-refractivity contribution in [3.05, 3.63) is 35.4 Å². The van der Waals surface area contributed by atoms with E-state index in [1.807, 2.05) is 0 Å². The zero-order valence-corrected chi connectivity index (χ0v) is 7.23. The summed E-state index contributed by atoms with van der Waals surface area (Å²) in [6, 6.07) is 6.16. The molecule has 0 radical (unpaired) electrons. The molecule has 2 rings (SSSR count). The molecule has 0 atom stereocenters. The number of hydroxylamine groups is 1. The zero-order valence-electron chi connectivity index (χ0n) is 7.23. The molecule has 0 saturated heterocycles. The topological polar surface area (TPSA) is 69.6 Å². The van der Waals surface area contributed by atoms with Crippen molar-refractivity contribution in [3.8, 4) is 0 Å². The van der Waals surface area contributed by atoms with Gasteiger partial charge in [0.2, 0.25) is 0 Å². The molecular formula is C9H8N2O3. The van der Waals surface area contributed by atoms with Gasteiger partial charge >= 0.3 is 6.03 Å². The molecule has 5 heteroatoms. The van der Waals surface area contributed by atoms with Gasteiger partial charge in [0.15, 0.2) is 0 Å². The number of hydrogen-bond acceptors (Lipinski definition) is 3. The van der Waals surface area contributed by atoms with Crippen LogP contribution >= 0.6 is 0 Å². The number of hydrogen-bond donors (Lipinski definition) is 2. The average molecular weight is 192 g/mol. The van der Waals surface area contributed by atoms with Crippen LogP contribution in [0.4, 0.5) is 4.79 Å². The van der Waals surface area contributed by atoms with E-state index in [0.29, 0.717) is 5.56 Å². The van der Waals surface area contributed by atoms with Gasteiger partial charge in [-0.3, -0.25) is 14.9 Å². The summed E-state index contributed by atoms with van der Waals surface area (Å²) in [6.07, 6.45) is 0. The Bertz CT molecular complexity index is 403. The maximum atomic E-state index is 11.6. The quantitative estimate of drug-likeness (QED) is 0.470. The van der Waals surface area contributed by atoms with Gasteiger partial charge in [-0.2, -0.15) is 0 Å². The minimum Gasteiger partial charge on any atom is -0.287 e. The first-order valence-corrected chi connectivity index (χ1v) is 4.08. The molecule has 72 valence electrons. The van der Waals surface area contributed by atoms with Gasteiger partial charge in [0, 0.05) is 5.56 Å². The number of fused-ring (bicyclic) bond motifs is 1. The lowest BCUT2D eigenvalue weighted by Crippen LogP contribution is -2.38. The number of carbonyl (C=O) groups is 2. The molecule has 14 heavy (non-hydrogen) atoms. The molecule has 1 aromatic rings. The summed E-state index contributed by atoms with van der Waals surface area (Å²) in [6.45, 7) is 0.210. The van der Waals surface area contributed by atoms with Gasteiger partial charge in [-0.1, -0.05) is 18.2 Å². The third-order valence-corrected chi connectivity index (χ3v) is 2.16. The van der Waals surface area contributed by atoms with E-state index in [-0.39, 0.29) is 12.5 Å². The SMILES string of the molecule is O=C(NO)N1Cc2ccccc2C1=O. The lowest BCUT2D eigenvalue weighted by Gasteiger charge is -2.10. The van der Waals surface area contributed by atoms with Crippen LogP contribution in [0.25, 0.3) is 0 Å². The van der Waals surface area contributed by atoms with Gasteiger partial charge in [-0.25, -0.2) is 10.3 Å². The number of urea groups is 1. The molecular weight excluding hydrogens is 184 g/mol. The van der Waals surface area contributed by atoms with Gasteiger partial charge in [0.1, 0.15) is 0 Å². The minimum atomic E-state index is -0.800. The zero-order chi connectivity index (χ0) is 10.1. The summed E-state index contributed by atoms with van der Waals surface area (Å²) in [5, 5.41) is 8.40. The van der Waals surface area contributed by atoms with Crippen LogP contribution in [0.1, 0.15) is 15.9 Å². The number of nitrogens with one attached hydrogen (secondary N) is 1. The molecule has 0 saturated carbocycles. The van der Waals surface area contributed by atoms with E-state index in [1.54, 1.807) is 24.3 Å². The van der Waals surface area contributed by atoms with Crippen molar-refractivity contribution in [2.24, 2.45) is 0 Å². The third-order valence-electron chi connectivity index (χ3n) is 2.16. The van der Waals surface area contributed by atoms with Crippen LogP contribution in [0.15, 0.2) is 24.3 Å². The largest absolute Gasteiger partial charge is 0.348 e. The molecule has 1 aliphatic rings. The van der Waals surface area contributed by atoms with Crippen molar-refractivity contribution < 1.29 is 14.8 Å². The molecule has 0 fully saturated rings. The van der Waals surface area contributed by atoms with Gasteiger partial charge in [-0.15, -0.1) is 0 Å². The number of benzene rings is 1. The number of nitrogens with zero attached hydrogens (tertiary/aromatic N) is 1. The molecule has 0 aromatic heterocycles. The van der Waals surface area contributed by atoms with Crippen LogP contribution < -0.4 is 5.48 Å². The minimum absolute atomic E-state index is 0.210. The van der Waals surface area contributed by atoms with Gasteiger partial charge in [0.05, 0.1) is 6.54 Å². The Morgan fingerprint density at radius 3 is 2.79 bits per heavy atom. The number of amides is 3. The summed E-state index contributed by atoms with van der Waals surface area (Å²) in [5.74, 6) is -0.382. The summed E-state index contributed by atoms with van der Waals surface area (Å²) in [7, 11) is 0. The fraction of sp³-hybridized carbons (Fsp3) is 0.111. The van der Waals surface area contributed by atoms with E-state index in [4.69, 9.17) is 5.21 Å². The highest BCUT2D eigenvalue weighted by atomic mass is 16.5. The maximum Gasteiger partial charge on any atom is 0.348 e. The van der Waals surface area contributed by atoms with E-state index in [1.165, 1.54) is 5.48 Å². The van der Waals surface area contributed by atoms with Crippen molar-refractivity contribution >= 4 is 11.9 Å². The fourth-order valence-electron chi connectivity index (χ4n) is 1.48. The summed E-state index contributed by atoms with van der Waals surface area (Å²) in [5.41, 5.74) is 2.74. The Morgan fingerprint density at radius 1 is 1.43 bits per heavy atom. The second-order valence-electron chi connectivity index (χ2n) is 2.97. The van der Waals surface area contributed by atoms with Gasteiger partial charge in [-0.05, 0) is 11.6 Å². The normalized spacial score (nSPS) is 14.1. The molecule has 1 aromatic carbocycles. The van der Waals surface area contributed by atoms with Crippen LogP contribution in [-0.4, -0.2) is 22.0 Å². The van der Waals surface area contributed by atoms with Crippen molar-refractivity contribution in [3.63, 3.8) is 0 Å². The molecule has 5 nitrogen and oxygen atoms in total. The monoisotopic (exact) mass is 192 g/mol. The van der Waals surface area contributed by atoms with Crippen LogP contribution in [0.2, 0.25) is 0 Å². The van der Waals surface area contributed by atoms with Crippen LogP contribution in [0.3, 0.4) is 0 Å². The molecule has 3 amide bonds. The van der Waals surface area contributed by atoms with Crippen LogP contribution in [0.5, 0.6) is 0 Å². The summed E-state index contributed by atoms with van der Waals surface area (Å²) in [4.78, 5) is 23.5. The van der Waals surface area contributed by atoms with E-state index in [9.17, 15) is 9.59 Å². The Kier molecular flexibility index (Phi) is 1.94. The molecule has 2 N–H and O–H groups in total. The van der Waals surface area contributed by atoms with E-state index < -0.39 is 6.03 Å². The first kappa shape index (κ1) is 8.71. The lowest BCUT2D eigenvalue weighted by molar-refractivity contribution is 0.0762. The standard InChI is InChI=1S/C9H8N2O3/c12-8-7-4-2-1-3-6(7)5-11(8)9(13)10-14/h1-4,14H,5H2,(H,10,13). The van der Waals surface area contributed by atoms with Crippen LogP contribution in [-0.2, 0) is 6.54 Å². The predicted octanol–water partition coefficient (Wildman–Crippen LogP) is 0.741. The van der Waals surface area contributed by atoms with E-state index >= 15 is 0 Å². The van der Waals surface area contributed by atoms with E-state index in [2.05, 4.69) is 0 Å². The Labute approximate surface area is 79.9 Å².